The van der Waals surface area contributed by atoms with Gasteiger partial charge in [0.15, 0.2) is 0 Å². The number of aromatic nitrogens is 1. The fourth-order valence-electron chi connectivity index (χ4n) is 2.04. The summed E-state index contributed by atoms with van der Waals surface area (Å²) in [5.74, 6) is 0. The molecular weight excluding hydrogens is 285 g/mol. The van der Waals surface area contributed by atoms with E-state index in [4.69, 9.17) is 0 Å². The van der Waals surface area contributed by atoms with E-state index in [0.717, 1.165) is 35.5 Å². The Labute approximate surface area is 118 Å². The van der Waals surface area contributed by atoms with Gasteiger partial charge in [-0.15, -0.1) is 11.3 Å². The molecule has 0 radical (unpaired) electrons. The Hall–Kier alpha value is -1.40. The number of rotatable bonds is 4. The van der Waals surface area contributed by atoms with E-state index < -0.39 is 11.7 Å². The molecule has 1 heterocycles. The van der Waals surface area contributed by atoms with Gasteiger partial charge in [0.1, 0.15) is 5.01 Å². The predicted molar refractivity (Wildman–Crippen MR) is 71.6 cm³/mol. The molecule has 1 aromatic heterocycles. The molecule has 1 aliphatic rings. The van der Waals surface area contributed by atoms with Gasteiger partial charge >= 0.3 is 6.18 Å². The zero-order valence-corrected chi connectivity index (χ0v) is 11.3. The van der Waals surface area contributed by atoms with Gasteiger partial charge in [-0.05, 0) is 30.5 Å². The van der Waals surface area contributed by atoms with Crippen LogP contribution >= 0.6 is 11.3 Å². The highest BCUT2D eigenvalue weighted by molar-refractivity contribution is 7.09. The summed E-state index contributed by atoms with van der Waals surface area (Å²) in [6.45, 7) is 0. The van der Waals surface area contributed by atoms with E-state index in [-0.39, 0.29) is 6.04 Å². The summed E-state index contributed by atoms with van der Waals surface area (Å²) in [5, 5.41) is 6.20. The topological polar surface area (TPSA) is 24.9 Å². The molecule has 1 saturated carbocycles. The summed E-state index contributed by atoms with van der Waals surface area (Å²) >= 11 is 1.51. The summed E-state index contributed by atoms with van der Waals surface area (Å²) in [6.07, 6.45) is -0.351. The highest BCUT2D eigenvalue weighted by atomic mass is 32.1. The van der Waals surface area contributed by atoms with Crippen LogP contribution in [0.2, 0.25) is 0 Å². The lowest BCUT2D eigenvalue weighted by molar-refractivity contribution is -0.137. The van der Waals surface area contributed by atoms with Crippen LogP contribution in [-0.2, 0) is 6.18 Å². The molecule has 0 amide bonds. The second kappa shape index (κ2) is 5.18. The molecule has 0 saturated heterocycles. The van der Waals surface area contributed by atoms with Crippen LogP contribution in [0.4, 0.5) is 13.2 Å². The number of hydrogen-bond donors (Lipinski definition) is 1. The maximum atomic E-state index is 12.6. The third-order valence-electron chi connectivity index (χ3n) is 3.25. The summed E-state index contributed by atoms with van der Waals surface area (Å²) in [6, 6.07) is 5.65. The first-order valence-corrected chi connectivity index (χ1v) is 7.24. The van der Waals surface area contributed by atoms with Crippen molar-refractivity contribution in [2.75, 3.05) is 0 Å². The Bertz CT molecular complexity index is 559. The molecule has 2 nitrogen and oxygen atoms in total. The predicted octanol–water partition coefficient (Wildman–Crippen LogP) is 4.00. The van der Waals surface area contributed by atoms with Crippen LogP contribution in [0.3, 0.4) is 0 Å². The molecule has 0 bridgehead atoms. The van der Waals surface area contributed by atoms with E-state index in [2.05, 4.69) is 10.3 Å². The first-order valence-electron chi connectivity index (χ1n) is 6.36. The Morgan fingerprint density at radius 3 is 2.40 bits per heavy atom. The summed E-state index contributed by atoms with van der Waals surface area (Å²) in [7, 11) is 0. The fourth-order valence-corrected chi connectivity index (χ4v) is 2.76. The van der Waals surface area contributed by atoms with E-state index >= 15 is 0 Å². The highest BCUT2D eigenvalue weighted by Gasteiger charge is 2.31. The van der Waals surface area contributed by atoms with Crippen molar-refractivity contribution in [2.24, 2.45) is 0 Å². The average Bonchev–Trinajstić information content (AvgIpc) is 3.07. The van der Waals surface area contributed by atoms with Crippen LogP contribution in [0, 0.1) is 0 Å². The molecule has 1 aromatic carbocycles. The quantitative estimate of drug-likeness (QED) is 0.922. The van der Waals surface area contributed by atoms with Crippen LogP contribution < -0.4 is 5.32 Å². The molecular formula is C14H13F3N2S. The van der Waals surface area contributed by atoms with Crippen molar-refractivity contribution in [2.45, 2.75) is 31.1 Å². The molecule has 1 aliphatic carbocycles. The molecule has 1 unspecified atom stereocenters. The Kier molecular flexibility index (Phi) is 3.52. The number of nitrogens with one attached hydrogen (secondary N) is 1. The fraction of sp³-hybridized carbons (Fsp3) is 0.357. The Morgan fingerprint density at radius 1 is 1.20 bits per heavy atom. The minimum Gasteiger partial charge on any atom is -0.301 e. The zero-order valence-electron chi connectivity index (χ0n) is 10.5. The molecule has 0 spiro atoms. The number of halogens is 3. The minimum absolute atomic E-state index is 0.121. The molecule has 0 aliphatic heterocycles. The SMILES string of the molecule is FC(F)(F)c1ccc(C(NC2CC2)c2nccs2)cc1. The molecule has 106 valence electrons. The van der Waals surface area contributed by atoms with Gasteiger partial charge in [-0.1, -0.05) is 12.1 Å². The number of nitrogens with zero attached hydrogens (tertiary/aromatic N) is 1. The highest BCUT2D eigenvalue weighted by Crippen LogP contribution is 2.33. The second-order valence-electron chi connectivity index (χ2n) is 4.86. The number of thiazole rings is 1. The maximum absolute atomic E-state index is 12.6. The number of alkyl halides is 3. The number of hydrogen-bond acceptors (Lipinski definition) is 3. The van der Waals surface area contributed by atoms with Crippen molar-refractivity contribution in [1.82, 2.24) is 10.3 Å². The van der Waals surface area contributed by atoms with E-state index in [1.54, 1.807) is 6.20 Å². The minimum atomic E-state index is -4.29. The molecule has 6 heteroatoms. The van der Waals surface area contributed by atoms with Crippen molar-refractivity contribution in [3.05, 3.63) is 52.0 Å². The van der Waals surface area contributed by atoms with Crippen molar-refractivity contribution < 1.29 is 13.2 Å². The van der Waals surface area contributed by atoms with Gasteiger partial charge < -0.3 is 5.32 Å². The molecule has 1 fully saturated rings. The van der Waals surface area contributed by atoms with E-state index in [1.807, 2.05) is 5.38 Å². The van der Waals surface area contributed by atoms with Crippen LogP contribution in [0.5, 0.6) is 0 Å². The third kappa shape index (κ3) is 3.02. The first-order chi connectivity index (χ1) is 9.54. The summed E-state index contributed by atoms with van der Waals surface area (Å²) in [5.41, 5.74) is 0.199. The largest absolute Gasteiger partial charge is 0.416 e. The van der Waals surface area contributed by atoms with Crippen molar-refractivity contribution in [3.63, 3.8) is 0 Å². The lowest BCUT2D eigenvalue weighted by Crippen LogP contribution is -2.24. The normalized spacial score (nSPS) is 17.1. The van der Waals surface area contributed by atoms with E-state index in [9.17, 15) is 13.2 Å². The lowest BCUT2D eigenvalue weighted by atomic mass is 10.0. The average molecular weight is 298 g/mol. The zero-order chi connectivity index (χ0) is 14.2. The van der Waals surface area contributed by atoms with Crippen molar-refractivity contribution in [3.8, 4) is 0 Å². The molecule has 1 N–H and O–H groups in total. The van der Waals surface area contributed by atoms with Gasteiger partial charge in [-0.3, -0.25) is 0 Å². The third-order valence-corrected chi connectivity index (χ3v) is 4.09. The van der Waals surface area contributed by atoms with E-state index in [1.165, 1.54) is 23.5 Å². The molecule has 2 aromatic rings. The van der Waals surface area contributed by atoms with Crippen LogP contribution in [-0.4, -0.2) is 11.0 Å². The van der Waals surface area contributed by atoms with Gasteiger partial charge in [-0.2, -0.15) is 13.2 Å². The lowest BCUT2D eigenvalue weighted by Gasteiger charge is -2.17. The summed E-state index contributed by atoms with van der Waals surface area (Å²) in [4.78, 5) is 4.28. The Balaban J connectivity index is 1.87. The van der Waals surface area contributed by atoms with E-state index in [0.29, 0.717) is 6.04 Å². The van der Waals surface area contributed by atoms with Crippen LogP contribution in [0.25, 0.3) is 0 Å². The van der Waals surface area contributed by atoms with Crippen molar-refractivity contribution in [1.29, 1.82) is 0 Å². The second-order valence-corrected chi connectivity index (χ2v) is 5.79. The molecule has 3 rings (SSSR count). The van der Waals surface area contributed by atoms with Gasteiger partial charge in [-0.25, -0.2) is 4.98 Å². The van der Waals surface area contributed by atoms with Crippen LogP contribution in [0.15, 0.2) is 35.8 Å². The standard InChI is InChI=1S/C14H13F3N2S/c15-14(16,17)10-3-1-9(2-4-10)12(19-11-5-6-11)13-18-7-8-20-13/h1-4,7-8,11-12,19H,5-6H2. The number of benzene rings is 1. The Morgan fingerprint density at radius 2 is 1.90 bits per heavy atom. The summed E-state index contributed by atoms with van der Waals surface area (Å²) < 4.78 is 37.8. The molecule has 1 atom stereocenters. The smallest absolute Gasteiger partial charge is 0.301 e. The van der Waals surface area contributed by atoms with Gasteiger partial charge in [0.2, 0.25) is 0 Å². The van der Waals surface area contributed by atoms with Gasteiger partial charge in [0, 0.05) is 17.6 Å². The first kappa shape index (κ1) is 13.6. The molecule has 20 heavy (non-hydrogen) atoms. The van der Waals surface area contributed by atoms with Gasteiger partial charge in [0.25, 0.3) is 0 Å². The van der Waals surface area contributed by atoms with Crippen LogP contribution in [0.1, 0.15) is 35.0 Å². The maximum Gasteiger partial charge on any atom is 0.416 e. The van der Waals surface area contributed by atoms with Gasteiger partial charge in [0.05, 0.1) is 11.6 Å². The van der Waals surface area contributed by atoms with Crippen molar-refractivity contribution >= 4 is 11.3 Å². The monoisotopic (exact) mass is 298 g/mol.